The van der Waals surface area contributed by atoms with Crippen LogP contribution in [0.1, 0.15) is 10.4 Å². The highest BCUT2D eigenvalue weighted by Gasteiger charge is 2.20. The molecule has 7 heteroatoms. The van der Waals surface area contributed by atoms with Gasteiger partial charge in [0.2, 0.25) is 0 Å². The van der Waals surface area contributed by atoms with E-state index in [1.54, 1.807) is 13.3 Å². The van der Waals surface area contributed by atoms with Gasteiger partial charge < -0.3 is 19.5 Å². The molecule has 0 spiro atoms. The SMILES string of the molecule is COc1ccc(-c2ccnc3[nH]c(-c4ccc(C(=O)N5CCN(C)CC5)cc4)nc23)cc1. The summed E-state index contributed by atoms with van der Waals surface area (Å²) in [5.74, 6) is 1.62. The van der Waals surface area contributed by atoms with E-state index in [1.807, 2.05) is 59.5 Å². The van der Waals surface area contributed by atoms with Gasteiger partial charge in [-0.2, -0.15) is 0 Å². The summed E-state index contributed by atoms with van der Waals surface area (Å²) in [5, 5.41) is 0. The van der Waals surface area contributed by atoms with Crippen molar-refractivity contribution in [1.82, 2.24) is 24.8 Å². The number of rotatable bonds is 4. The molecule has 0 aliphatic carbocycles. The number of hydrogen-bond donors (Lipinski definition) is 1. The molecule has 0 saturated carbocycles. The number of amides is 1. The maximum absolute atomic E-state index is 12.8. The molecule has 1 amide bonds. The smallest absolute Gasteiger partial charge is 0.253 e. The number of aromatic amines is 1. The Bertz CT molecular complexity index is 1240. The van der Waals surface area contributed by atoms with Gasteiger partial charge in [0.1, 0.15) is 17.1 Å². The number of aromatic nitrogens is 3. The summed E-state index contributed by atoms with van der Waals surface area (Å²) < 4.78 is 5.26. The Morgan fingerprint density at radius 1 is 0.938 bits per heavy atom. The normalized spacial score (nSPS) is 14.6. The van der Waals surface area contributed by atoms with E-state index >= 15 is 0 Å². The lowest BCUT2D eigenvalue weighted by Crippen LogP contribution is -2.47. The monoisotopic (exact) mass is 427 g/mol. The zero-order valence-corrected chi connectivity index (χ0v) is 18.2. The van der Waals surface area contributed by atoms with Crippen molar-refractivity contribution >= 4 is 17.1 Å². The molecule has 3 heterocycles. The first-order chi connectivity index (χ1) is 15.6. The Morgan fingerprint density at radius 3 is 2.31 bits per heavy atom. The van der Waals surface area contributed by atoms with E-state index in [4.69, 9.17) is 9.72 Å². The third kappa shape index (κ3) is 3.83. The first kappa shape index (κ1) is 20.2. The molecular formula is C25H25N5O2. The van der Waals surface area contributed by atoms with Crippen LogP contribution in [-0.2, 0) is 0 Å². The minimum Gasteiger partial charge on any atom is -0.497 e. The Hall–Kier alpha value is -3.71. The van der Waals surface area contributed by atoms with Gasteiger partial charge in [0, 0.05) is 49.1 Å². The summed E-state index contributed by atoms with van der Waals surface area (Å²) in [6.07, 6.45) is 1.78. The van der Waals surface area contributed by atoms with Gasteiger partial charge in [-0.3, -0.25) is 4.79 Å². The summed E-state index contributed by atoms with van der Waals surface area (Å²) >= 11 is 0. The molecule has 0 radical (unpaired) electrons. The van der Waals surface area contributed by atoms with Crippen LogP contribution in [0.2, 0.25) is 0 Å². The van der Waals surface area contributed by atoms with E-state index < -0.39 is 0 Å². The van der Waals surface area contributed by atoms with Crippen LogP contribution in [0.5, 0.6) is 5.75 Å². The fraction of sp³-hybridized carbons (Fsp3) is 0.240. The Kier molecular flexibility index (Phi) is 5.33. The number of hydrogen-bond acceptors (Lipinski definition) is 5. The summed E-state index contributed by atoms with van der Waals surface area (Å²) in [6.45, 7) is 3.35. The molecular weight excluding hydrogens is 402 g/mol. The van der Waals surface area contributed by atoms with Gasteiger partial charge in [0.15, 0.2) is 5.65 Å². The maximum Gasteiger partial charge on any atom is 0.253 e. The van der Waals surface area contributed by atoms with E-state index in [-0.39, 0.29) is 5.91 Å². The number of piperazine rings is 1. The second kappa shape index (κ2) is 8.43. The number of likely N-dealkylation sites (N-methyl/N-ethyl adjacent to an activating group) is 1. The third-order valence-corrected chi connectivity index (χ3v) is 5.98. The number of carbonyl (C=O) groups excluding carboxylic acids is 1. The van der Waals surface area contributed by atoms with Crippen LogP contribution < -0.4 is 4.74 Å². The molecule has 2 aromatic heterocycles. The van der Waals surface area contributed by atoms with Crippen molar-refractivity contribution in [3.8, 4) is 28.3 Å². The molecule has 1 aliphatic rings. The summed E-state index contributed by atoms with van der Waals surface area (Å²) in [7, 11) is 3.74. The van der Waals surface area contributed by atoms with Crippen molar-refractivity contribution in [3.63, 3.8) is 0 Å². The average Bonchev–Trinajstić information content (AvgIpc) is 3.29. The van der Waals surface area contributed by atoms with Gasteiger partial charge in [-0.25, -0.2) is 9.97 Å². The van der Waals surface area contributed by atoms with Crippen molar-refractivity contribution in [2.75, 3.05) is 40.3 Å². The van der Waals surface area contributed by atoms with E-state index in [2.05, 4.69) is 21.9 Å². The van der Waals surface area contributed by atoms with Crippen LogP contribution >= 0.6 is 0 Å². The fourth-order valence-electron chi connectivity index (χ4n) is 4.01. The number of nitrogens with one attached hydrogen (secondary N) is 1. The van der Waals surface area contributed by atoms with Crippen molar-refractivity contribution < 1.29 is 9.53 Å². The predicted octanol–water partition coefficient (Wildman–Crippen LogP) is 3.69. The standard InChI is InChI=1S/C25H25N5O2/c1-29-13-15-30(16-14-29)25(31)19-5-3-18(4-6-19)23-27-22-21(11-12-26-24(22)28-23)17-7-9-20(32-2)10-8-17/h3-12H,13-16H2,1-2H3,(H,26,27,28). The van der Waals surface area contributed by atoms with Gasteiger partial charge in [0.05, 0.1) is 7.11 Å². The van der Waals surface area contributed by atoms with Gasteiger partial charge in [-0.15, -0.1) is 0 Å². The molecule has 1 fully saturated rings. The Labute approximate surface area is 186 Å². The number of pyridine rings is 1. The number of fused-ring (bicyclic) bond motifs is 1. The molecule has 4 aromatic rings. The molecule has 162 valence electrons. The minimum atomic E-state index is 0.0812. The lowest BCUT2D eigenvalue weighted by atomic mass is 10.1. The van der Waals surface area contributed by atoms with Gasteiger partial charge in [-0.05, 0) is 42.9 Å². The highest BCUT2D eigenvalue weighted by Crippen LogP contribution is 2.29. The van der Waals surface area contributed by atoms with Crippen LogP contribution in [0.3, 0.4) is 0 Å². The number of imidazole rings is 1. The summed E-state index contributed by atoms with van der Waals surface area (Å²) in [5.41, 5.74) is 5.20. The molecule has 0 unspecified atom stereocenters. The first-order valence-corrected chi connectivity index (χ1v) is 10.7. The number of H-pyrrole nitrogens is 1. The molecule has 7 nitrogen and oxygen atoms in total. The summed E-state index contributed by atoms with van der Waals surface area (Å²) in [4.78, 5) is 29.6. The lowest BCUT2D eigenvalue weighted by Gasteiger charge is -2.32. The van der Waals surface area contributed by atoms with Crippen LogP contribution in [0.15, 0.2) is 60.8 Å². The highest BCUT2D eigenvalue weighted by molar-refractivity contribution is 5.95. The molecule has 32 heavy (non-hydrogen) atoms. The second-order valence-electron chi connectivity index (χ2n) is 8.04. The van der Waals surface area contributed by atoms with Crippen molar-refractivity contribution in [2.45, 2.75) is 0 Å². The highest BCUT2D eigenvalue weighted by atomic mass is 16.5. The van der Waals surface area contributed by atoms with Crippen molar-refractivity contribution in [2.24, 2.45) is 0 Å². The van der Waals surface area contributed by atoms with Crippen LogP contribution in [0.4, 0.5) is 0 Å². The maximum atomic E-state index is 12.8. The quantitative estimate of drug-likeness (QED) is 0.538. The molecule has 1 N–H and O–H groups in total. The number of nitrogens with zero attached hydrogens (tertiary/aromatic N) is 4. The van der Waals surface area contributed by atoms with Crippen LogP contribution in [0.25, 0.3) is 33.7 Å². The zero-order chi connectivity index (χ0) is 22.1. The Balaban J connectivity index is 1.42. The van der Waals surface area contributed by atoms with E-state index in [9.17, 15) is 4.79 Å². The molecule has 5 rings (SSSR count). The number of ether oxygens (including phenoxy) is 1. The molecule has 1 saturated heterocycles. The van der Waals surface area contributed by atoms with Crippen molar-refractivity contribution in [1.29, 1.82) is 0 Å². The summed E-state index contributed by atoms with van der Waals surface area (Å²) in [6, 6.07) is 17.5. The molecule has 1 aliphatic heterocycles. The van der Waals surface area contributed by atoms with Gasteiger partial charge in [-0.1, -0.05) is 24.3 Å². The minimum absolute atomic E-state index is 0.0812. The third-order valence-electron chi connectivity index (χ3n) is 5.98. The number of carbonyl (C=O) groups is 1. The van der Waals surface area contributed by atoms with Crippen molar-refractivity contribution in [3.05, 3.63) is 66.4 Å². The fourth-order valence-corrected chi connectivity index (χ4v) is 4.01. The topological polar surface area (TPSA) is 74.3 Å². The number of methoxy groups -OCH3 is 1. The molecule has 0 atom stereocenters. The predicted molar refractivity (Wildman–Crippen MR) is 125 cm³/mol. The average molecular weight is 428 g/mol. The molecule has 2 aromatic carbocycles. The molecule has 0 bridgehead atoms. The van der Waals surface area contributed by atoms with Crippen LogP contribution in [0, 0.1) is 0 Å². The van der Waals surface area contributed by atoms with E-state index in [1.165, 1.54) is 0 Å². The van der Waals surface area contributed by atoms with E-state index in [0.717, 1.165) is 65.6 Å². The number of benzene rings is 2. The second-order valence-corrected chi connectivity index (χ2v) is 8.04. The van der Waals surface area contributed by atoms with Gasteiger partial charge in [0.25, 0.3) is 5.91 Å². The lowest BCUT2D eigenvalue weighted by molar-refractivity contribution is 0.0664. The zero-order valence-electron chi connectivity index (χ0n) is 18.2. The first-order valence-electron chi connectivity index (χ1n) is 10.7. The van der Waals surface area contributed by atoms with Gasteiger partial charge >= 0.3 is 0 Å². The van der Waals surface area contributed by atoms with Crippen LogP contribution in [-0.4, -0.2) is 71.0 Å². The Morgan fingerprint density at radius 2 is 1.62 bits per heavy atom. The van der Waals surface area contributed by atoms with E-state index in [0.29, 0.717) is 5.56 Å². The largest absolute Gasteiger partial charge is 0.497 e.